The van der Waals surface area contributed by atoms with Gasteiger partial charge in [0.25, 0.3) is 0 Å². The van der Waals surface area contributed by atoms with Crippen LogP contribution in [0.1, 0.15) is 31.1 Å². The third kappa shape index (κ3) is 2.24. The van der Waals surface area contributed by atoms with Crippen LogP contribution in [0, 0.1) is 0 Å². The third-order valence-corrected chi connectivity index (χ3v) is 3.14. The molecule has 0 spiro atoms. The Labute approximate surface area is 105 Å². The largest absolute Gasteiger partial charge is 0.480 e. The van der Waals surface area contributed by atoms with E-state index in [-0.39, 0.29) is 6.54 Å². The van der Waals surface area contributed by atoms with Crippen LogP contribution in [0.4, 0.5) is 0 Å². The molecule has 1 atom stereocenters. The van der Waals surface area contributed by atoms with Crippen molar-refractivity contribution < 1.29 is 15.0 Å². The number of nitrogens with zero attached hydrogens (tertiary/aromatic N) is 1. The Morgan fingerprint density at radius 3 is 2.72 bits per heavy atom. The van der Waals surface area contributed by atoms with Gasteiger partial charge in [0.2, 0.25) is 0 Å². The van der Waals surface area contributed by atoms with Crippen LogP contribution in [-0.4, -0.2) is 20.7 Å². The molecule has 1 unspecified atom stereocenters. The molecule has 4 nitrogen and oxygen atoms in total. The number of benzene rings is 1. The quantitative estimate of drug-likeness (QED) is 0.871. The van der Waals surface area contributed by atoms with E-state index in [1.807, 2.05) is 18.2 Å². The molecule has 0 aliphatic heterocycles. The standard InChI is InChI=1S/C14H17NO3/c1-3-10-4-5-13-11(6-10)12(9(2)16)7-15(13)8-14(17)18/h4-7,9,16H,3,8H2,1-2H3,(H,17,18). The van der Waals surface area contributed by atoms with Crippen LogP contribution >= 0.6 is 0 Å². The van der Waals surface area contributed by atoms with Gasteiger partial charge in [-0.05, 0) is 31.0 Å². The molecular weight excluding hydrogens is 230 g/mol. The van der Waals surface area contributed by atoms with Crippen molar-refractivity contribution in [3.63, 3.8) is 0 Å². The van der Waals surface area contributed by atoms with Crippen LogP contribution in [-0.2, 0) is 17.8 Å². The van der Waals surface area contributed by atoms with Crippen LogP contribution in [0.5, 0.6) is 0 Å². The molecule has 1 aromatic carbocycles. The summed E-state index contributed by atoms with van der Waals surface area (Å²) < 4.78 is 1.67. The maximum Gasteiger partial charge on any atom is 0.323 e. The lowest BCUT2D eigenvalue weighted by atomic mass is 10.1. The molecule has 0 aliphatic carbocycles. The Bertz CT molecular complexity index is 584. The molecule has 0 saturated heterocycles. The summed E-state index contributed by atoms with van der Waals surface area (Å²) in [7, 11) is 0. The first-order valence-electron chi connectivity index (χ1n) is 6.04. The number of hydrogen-bond donors (Lipinski definition) is 2. The minimum atomic E-state index is -0.886. The smallest absolute Gasteiger partial charge is 0.323 e. The van der Waals surface area contributed by atoms with Crippen LogP contribution < -0.4 is 0 Å². The molecule has 1 heterocycles. The molecule has 0 radical (unpaired) electrons. The number of aryl methyl sites for hydroxylation is 1. The number of aliphatic hydroxyl groups excluding tert-OH is 1. The normalized spacial score (nSPS) is 12.8. The maximum atomic E-state index is 10.8. The molecule has 2 N–H and O–H groups in total. The summed E-state index contributed by atoms with van der Waals surface area (Å²) in [5.74, 6) is -0.886. The van der Waals surface area contributed by atoms with Crippen molar-refractivity contribution in [2.75, 3.05) is 0 Å². The highest BCUT2D eigenvalue weighted by Gasteiger charge is 2.14. The van der Waals surface area contributed by atoms with E-state index in [1.165, 1.54) is 5.56 Å². The van der Waals surface area contributed by atoms with Gasteiger partial charge in [-0.15, -0.1) is 0 Å². The summed E-state index contributed by atoms with van der Waals surface area (Å²) in [5, 5.41) is 19.6. The zero-order valence-corrected chi connectivity index (χ0v) is 10.6. The van der Waals surface area contributed by atoms with Gasteiger partial charge in [0.05, 0.1) is 6.10 Å². The Hall–Kier alpha value is -1.81. The summed E-state index contributed by atoms with van der Waals surface area (Å²) in [4.78, 5) is 10.8. The van der Waals surface area contributed by atoms with Gasteiger partial charge >= 0.3 is 5.97 Å². The molecule has 0 fully saturated rings. The van der Waals surface area contributed by atoms with Gasteiger partial charge < -0.3 is 14.8 Å². The van der Waals surface area contributed by atoms with Gasteiger partial charge in [0.1, 0.15) is 6.54 Å². The Morgan fingerprint density at radius 2 is 2.17 bits per heavy atom. The minimum Gasteiger partial charge on any atom is -0.480 e. The predicted molar refractivity (Wildman–Crippen MR) is 69.6 cm³/mol. The SMILES string of the molecule is CCc1ccc2c(c1)c(C(C)O)cn2CC(=O)O. The predicted octanol–water partition coefficient (Wildman–Crippen LogP) is 2.34. The molecule has 1 aromatic heterocycles. The van der Waals surface area contributed by atoms with Gasteiger partial charge in [0, 0.05) is 22.7 Å². The van der Waals surface area contributed by atoms with Crippen molar-refractivity contribution >= 4 is 16.9 Å². The highest BCUT2D eigenvalue weighted by molar-refractivity contribution is 5.86. The number of carboxylic acid groups (broad SMARTS) is 1. The second-order valence-electron chi connectivity index (χ2n) is 4.49. The zero-order valence-electron chi connectivity index (χ0n) is 10.6. The fraction of sp³-hybridized carbons (Fsp3) is 0.357. The molecule has 4 heteroatoms. The Morgan fingerprint density at radius 1 is 1.44 bits per heavy atom. The molecular formula is C14H17NO3. The van der Waals surface area contributed by atoms with E-state index in [9.17, 15) is 9.90 Å². The first kappa shape index (κ1) is 12.6. The molecule has 0 amide bonds. The van der Waals surface area contributed by atoms with E-state index >= 15 is 0 Å². The lowest BCUT2D eigenvalue weighted by Crippen LogP contribution is -2.07. The molecule has 0 aliphatic rings. The number of aromatic nitrogens is 1. The second kappa shape index (κ2) is 4.82. The van der Waals surface area contributed by atoms with Crippen molar-refractivity contribution in [3.8, 4) is 0 Å². The Balaban J connectivity index is 2.63. The number of carboxylic acids is 1. The number of hydrogen-bond acceptors (Lipinski definition) is 2. The van der Waals surface area contributed by atoms with Gasteiger partial charge in [-0.2, -0.15) is 0 Å². The molecule has 0 bridgehead atoms. The molecule has 0 saturated carbocycles. The number of aliphatic carboxylic acids is 1. The zero-order chi connectivity index (χ0) is 13.3. The third-order valence-electron chi connectivity index (χ3n) is 3.14. The van der Waals surface area contributed by atoms with Crippen LogP contribution in [0.15, 0.2) is 24.4 Å². The first-order valence-corrected chi connectivity index (χ1v) is 6.04. The number of carbonyl (C=O) groups is 1. The van der Waals surface area contributed by atoms with E-state index in [1.54, 1.807) is 17.7 Å². The molecule has 18 heavy (non-hydrogen) atoms. The molecule has 2 aromatic rings. The number of fused-ring (bicyclic) bond motifs is 1. The van der Waals surface area contributed by atoms with Crippen LogP contribution in [0.2, 0.25) is 0 Å². The van der Waals surface area contributed by atoms with Crippen molar-refractivity contribution in [3.05, 3.63) is 35.5 Å². The van der Waals surface area contributed by atoms with Crippen molar-refractivity contribution in [2.24, 2.45) is 0 Å². The fourth-order valence-corrected chi connectivity index (χ4v) is 2.20. The lowest BCUT2D eigenvalue weighted by Gasteiger charge is -2.03. The maximum absolute atomic E-state index is 10.8. The van der Waals surface area contributed by atoms with Gasteiger partial charge in [-0.3, -0.25) is 4.79 Å². The van der Waals surface area contributed by atoms with Crippen molar-refractivity contribution in [1.82, 2.24) is 4.57 Å². The van der Waals surface area contributed by atoms with E-state index in [2.05, 4.69) is 6.92 Å². The first-order chi connectivity index (χ1) is 8.52. The van der Waals surface area contributed by atoms with Gasteiger partial charge in [-0.1, -0.05) is 13.0 Å². The van der Waals surface area contributed by atoms with Crippen LogP contribution in [0.25, 0.3) is 10.9 Å². The van der Waals surface area contributed by atoms with Crippen molar-refractivity contribution in [2.45, 2.75) is 32.9 Å². The summed E-state index contributed by atoms with van der Waals surface area (Å²) >= 11 is 0. The van der Waals surface area contributed by atoms with Crippen LogP contribution in [0.3, 0.4) is 0 Å². The summed E-state index contributed by atoms with van der Waals surface area (Å²) in [6.07, 6.45) is 2.04. The molecule has 2 rings (SSSR count). The van der Waals surface area contributed by atoms with E-state index in [4.69, 9.17) is 5.11 Å². The topological polar surface area (TPSA) is 62.5 Å². The van der Waals surface area contributed by atoms with E-state index < -0.39 is 12.1 Å². The summed E-state index contributed by atoms with van der Waals surface area (Å²) in [6, 6.07) is 5.94. The second-order valence-corrected chi connectivity index (χ2v) is 4.49. The monoisotopic (exact) mass is 247 g/mol. The average Bonchev–Trinajstić information content (AvgIpc) is 2.66. The minimum absolute atomic E-state index is 0.0886. The lowest BCUT2D eigenvalue weighted by molar-refractivity contribution is -0.137. The van der Waals surface area contributed by atoms with Gasteiger partial charge in [0.15, 0.2) is 0 Å². The van der Waals surface area contributed by atoms with E-state index in [0.29, 0.717) is 0 Å². The number of aliphatic hydroxyl groups is 1. The highest BCUT2D eigenvalue weighted by atomic mass is 16.4. The number of rotatable bonds is 4. The van der Waals surface area contributed by atoms with Gasteiger partial charge in [-0.25, -0.2) is 0 Å². The Kier molecular flexibility index (Phi) is 3.39. The highest BCUT2D eigenvalue weighted by Crippen LogP contribution is 2.27. The van der Waals surface area contributed by atoms with Crippen molar-refractivity contribution in [1.29, 1.82) is 0 Å². The average molecular weight is 247 g/mol. The van der Waals surface area contributed by atoms with E-state index in [0.717, 1.165) is 22.9 Å². The fourth-order valence-electron chi connectivity index (χ4n) is 2.20. The summed E-state index contributed by atoms with van der Waals surface area (Å²) in [5.41, 5.74) is 2.81. The molecule has 96 valence electrons. The summed E-state index contributed by atoms with van der Waals surface area (Å²) in [6.45, 7) is 3.67.